The number of nitrogens with one attached hydrogen (secondary N) is 1. The van der Waals surface area contributed by atoms with Crippen molar-refractivity contribution in [3.05, 3.63) is 23.8 Å². The molecule has 0 aromatic heterocycles. The molecule has 1 aromatic carbocycles. The van der Waals surface area contributed by atoms with Crippen molar-refractivity contribution < 1.29 is 14.2 Å². The van der Waals surface area contributed by atoms with Gasteiger partial charge in [0, 0.05) is 13.2 Å². The summed E-state index contributed by atoms with van der Waals surface area (Å²) in [6.45, 7) is 2.02. The smallest absolute Gasteiger partial charge is 0.122 e. The molecule has 0 spiro atoms. The van der Waals surface area contributed by atoms with E-state index in [-0.39, 0.29) is 12.1 Å². The first-order chi connectivity index (χ1) is 8.15. The molecule has 0 heterocycles. The van der Waals surface area contributed by atoms with Gasteiger partial charge < -0.3 is 19.5 Å². The van der Waals surface area contributed by atoms with E-state index in [0.717, 1.165) is 17.1 Å². The Kier molecular flexibility index (Phi) is 5.25. The first kappa shape index (κ1) is 13.8. The number of hydrogen-bond donors (Lipinski definition) is 1. The third-order valence-electron chi connectivity index (χ3n) is 2.89. The van der Waals surface area contributed by atoms with Gasteiger partial charge >= 0.3 is 0 Å². The molecular weight excluding hydrogens is 218 g/mol. The molecule has 0 radical (unpaired) electrons. The van der Waals surface area contributed by atoms with Gasteiger partial charge in [0.25, 0.3) is 0 Å². The van der Waals surface area contributed by atoms with Crippen molar-refractivity contribution in [1.82, 2.24) is 5.32 Å². The molecule has 0 saturated carbocycles. The number of methoxy groups -OCH3 is 3. The van der Waals surface area contributed by atoms with Gasteiger partial charge in [0.2, 0.25) is 0 Å². The SMILES string of the molecule is CNC(c1cc(OC)cc(OC)c1)C(C)OC. The quantitative estimate of drug-likeness (QED) is 0.824. The van der Waals surface area contributed by atoms with Crippen molar-refractivity contribution in [2.75, 3.05) is 28.4 Å². The van der Waals surface area contributed by atoms with Gasteiger partial charge in [0.05, 0.1) is 26.4 Å². The van der Waals surface area contributed by atoms with Gasteiger partial charge in [-0.3, -0.25) is 0 Å². The Morgan fingerprint density at radius 1 is 1.00 bits per heavy atom. The van der Waals surface area contributed by atoms with Crippen molar-refractivity contribution in [2.24, 2.45) is 0 Å². The fourth-order valence-electron chi connectivity index (χ4n) is 1.82. The lowest BCUT2D eigenvalue weighted by Crippen LogP contribution is -2.28. The second-order valence-electron chi connectivity index (χ2n) is 3.85. The summed E-state index contributed by atoms with van der Waals surface area (Å²) in [5, 5.41) is 3.24. The van der Waals surface area contributed by atoms with Crippen LogP contribution in [0.1, 0.15) is 18.5 Å². The molecule has 0 aliphatic carbocycles. The maximum absolute atomic E-state index is 5.36. The predicted molar refractivity (Wildman–Crippen MR) is 67.8 cm³/mol. The monoisotopic (exact) mass is 239 g/mol. The van der Waals surface area contributed by atoms with Crippen LogP contribution in [-0.4, -0.2) is 34.5 Å². The van der Waals surface area contributed by atoms with E-state index >= 15 is 0 Å². The van der Waals surface area contributed by atoms with Gasteiger partial charge in [-0.1, -0.05) is 0 Å². The minimum absolute atomic E-state index is 0.0665. The molecule has 2 unspecified atom stereocenters. The van der Waals surface area contributed by atoms with Gasteiger partial charge in [0.15, 0.2) is 0 Å². The molecule has 17 heavy (non-hydrogen) atoms. The summed E-state index contributed by atoms with van der Waals surface area (Å²) in [5.41, 5.74) is 1.08. The second-order valence-corrected chi connectivity index (χ2v) is 3.85. The fraction of sp³-hybridized carbons (Fsp3) is 0.538. The predicted octanol–water partition coefficient (Wildman–Crippen LogP) is 2.00. The highest BCUT2D eigenvalue weighted by Crippen LogP contribution is 2.28. The van der Waals surface area contributed by atoms with Crippen molar-refractivity contribution in [3.63, 3.8) is 0 Å². The van der Waals surface area contributed by atoms with Crippen molar-refractivity contribution in [2.45, 2.75) is 19.1 Å². The Labute approximate surface area is 103 Å². The molecule has 0 aliphatic rings. The van der Waals surface area contributed by atoms with Crippen molar-refractivity contribution in [3.8, 4) is 11.5 Å². The van der Waals surface area contributed by atoms with Crippen LogP contribution in [0.3, 0.4) is 0 Å². The zero-order valence-corrected chi connectivity index (χ0v) is 11.1. The van der Waals surface area contributed by atoms with Gasteiger partial charge in [-0.15, -0.1) is 0 Å². The van der Waals surface area contributed by atoms with E-state index in [0.29, 0.717) is 0 Å². The Bertz CT molecular complexity index is 332. The zero-order valence-electron chi connectivity index (χ0n) is 11.1. The summed E-state index contributed by atoms with van der Waals surface area (Å²) in [6.07, 6.45) is 0.0665. The van der Waals surface area contributed by atoms with E-state index in [1.54, 1.807) is 21.3 Å². The maximum Gasteiger partial charge on any atom is 0.122 e. The first-order valence-corrected chi connectivity index (χ1v) is 5.59. The van der Waals surface area contributed by atoms with Crippen LogP contribution in [0.2, 0.25) is 0 Å². The summed E-state index contributed by atoms with van der Waals surface area (Å²) in [4.78, 5) is 0. The van der Waals surface area contributed by atoms with Gasteiger partial charge in [0.1, 0.15) is 11.5 Å². The lowest BCUT2D eigenvalue weighted by molar-refractivity contribution is 0.0855. The van der Waals surface area contributed by atoms with Crippen LogP contribution in [0.4, 0.5) is 0 Å². The molecule has 0 bridgehead atoms. The second kappa shape index (κ2) is 6.47. The van der Waals surface area contributed by atoms with Crippen molar-refractivity contribution >= 4 is 0 Å². The third-order valence-corrected chi connectivity index (χ3v) is 2.89. The number of benzene rings is 1. The molecule has 0 saturated heterocycles. The van der Waals surface area contributed by atoms with E-state index in [9.17, 15) is 0 Å². The van der Waals surface area contributed by atoms with E-state index in [2.05, 4.69) is 5.32 Å². The molecule has 1 aromatic rings. The topological polar surface area (TPSA) is 39.7 Å². The first-order valence-electron chi connectivity index (χ1n) is 5.59. The van der Waals surface area contributed by atoms with Gasteiger partial charge in [-0.05, 0) is 31.7 Å². The van der Waals surface area contributed by atoms with Crippen LogP contribution in [-0.2, 0) is 4.74 Å². The highest BCUT2D eigenvalue weighted by Gasteiger charge is 2.18. The Hall–Kier alpha value is -1.26. The average Bonchev–Trinajstić information content (AvgIpc) is 2.38. The molecular formula is C13H21NO3. The summed E-state index contributed by atoms with van der Waals surface area (Å²) in [7, 11) is 6.90. The molecule has 2 atom stereocenters. The maximum atomic E-state index is 5.36. The lowest BCUT2D eigenvalue weighted by Gasteiger charge is -2.23. The van der Waals surface area contributed by atoms with Gasteiger partial charge in [-0.2, -0.15) is 0 Å². The zero-order chi connectivity index (χ0) is 12.8. The Balaban J connectivity index is 3.09. The normalized spacial score (nSPS) is 14.2. The van der Waals surface area contributed by atoms with Crippen LogP contribution < -0.4 is 14.8 Å². The summed E-state index contributed by atoms with van der Waals surface area (Å²) in [5.74, 6) is 1.56. The summed E-state index contributed by atoms with van der Waals surface area (Å²) in [6, 6.07) is 5.93. The van der Waals surface area contributed by atoms with E-state index in [1.165, 1.54) is 0 Å². The minimum Gasteiger partial charge on any atom is -0.497 e. The molecule has 96 valence electrons. The lowest BCUT2D eigenvalue weighted by atomic mass is 10.0. The molecule has 1 N–H and O–H groups in total. The minimum atomic E-state index is 0.0665. The molecule has 1 rings (SSSR count). The highest BCUT2D eigenvalue weighted by atomic mass is 16.5. The Morgan fingerprint density at radius 3 is 1.88 bits per heavy atom. The van der Waals surface area contributed by atoms with E-state index < -0.39 is 0 Å². The van der Waals surface area contributed by atoms with Gasteiger partial charge in [-0.25, -0.2) is 0 Å². The number of rotatable bonds is 6. The largest absolute Gasteiger partial charge is 0.497 e. The number of ether oxygens (including phenoxy) is 3. The summed E-state index contributed by atoms with van der Waals surface area (Å²) < 4.78 is 15.9. The van der Waals surface area contributed by atoms with Crippen LogP contribution in [0.15, 0.2) is 18.2 Å². The third kappa shape index (κ3) is 3.35. The van der Waals surface area contributed by atoms with Crippen LogP contribution >= 0.6 is 0 Å². The summed E-state index contributed by atoms with van der Waals surface area (Å²) >= 11 is 0. The molecule has 4 nitrogen and oxygen atoms in total. The van der Waals surface area contributed by atoms with Crippen molar-refractivity contribution in [1.29, 1.82) is 0 Å². The van der Waals surface area contributed by atoms with Crippen LogP contribution in [0.25, 0.3) is 0 Å². The van der Waals surface area contributed by atoms with E-state index in [1.807, 2.05) is 32.2 Å². The number of hydrogen-bond acceptors (Lipinski definition) is 4. The Morgan fingerprint density at radius 2 is 1.53 bits per heavy atom. The molecule has 0 fully saturated rings. The molecule has 4 heteroatoms. The van der Waals surface area contributed by atoms with Crippen LogP contribution in [0.5, 0.6) is 11.5 Å². The standard InChI is InChI=1S/C13H21NO3/c1-9(15-3)13(14-2)10-6-11(16-4)8-12(7-10)17-5/h6-9,13-14H,1-5H3. The van der Waals surface area contributed by atoms with E-state index in [4.69, 9.17) is 14.2 Å². The molecule has 0 amide bonds. The van der Waals surface area contributed by atoms with Crippen LogP contribution in [0, 0.1) is 0 Å². The highest BCUT2D eigenvalue weighted by molar-refractivity contribution is 5.40. The fourth-order valence-corrected chi connectivity index (χ4v) is 1.82. The average molecular weight is 239 g/mol. The molecule has 0 aliphatic heterocycles. The number of likely N-dealkylation sites (N-methyl/N-ethyl adjacent to an activating group) is 1.